The molecule has 3 aromatic heterocycles. The average molecular weight is 435 g/mol. The summed E-state index contributed by atoms with van der Waals surface area (Å²) >= 11 is 1.63. The standard InChI is InChI=1S/C24H22N2O4S/c1-13-3-6-15(7-4-13)21-25-22-20(17-9-5-14(2)11-19(17)31-22)23(27)26(21)12-16-8-10-18(30-16)24(28)29/h3-4,6-8,10,14H,5,9,11-12H2,1-2H3,(H,28,29). The van der Waals surface area contributed by atoms with Crippen LogP contribution < -0.4 is 5.56 Å². The van der Waals surface area contributed by atoms with Gasteiger partial charge in [0.25, 0.3) is 5.56 Å². The van der Waals surface area contributed by atoms with E-state index in [9.17, 15) is 14.7 Å². The molecule has 5 rings (SSSR count). The number of thiophene rings is 1. The monoisotopic (exact) mass is 434 g/mol. The molecule has 31 heavy (non-hydrogen) atoms. The quantitative estimate of drug-likeness (QED) is 0.494. The van der Waals surface area contributed by atoms with E-state index < -0.39 is 5.97 Å². The highest BCUT2D eigenvalue weighted by Crippen LogP contribution is 2.36. The van der Waals surface area contributed by atoms with Crippen molar-refractivity contribution >= 4 is 27.5 Å². The lowest BCUT2D eigenvalue weighted by molar-refractivity contribution is 0.0660. The summed E-state index contributed by atoms with van der Waals surface area (Å²) in [7, 11) is 0. The van der Waals surface area contributed by atoms with Gasteiger partial charge in [-0.2, -0.15) is 0 Å². The number of hydrogen-bond acceptors (Lipinski definition) is 5. The molecule has 0 fully saturated rings. The molecule has 158 valence electrons. The third-order valence-corrected chi connectivity index (χ3v) is 7.06. The molecule has 1 aliphatic rings. The van der Waals surface area contributed by atoms with Crippen molar-refractivity contribution in [2.75, 3.05) is 0 Å². The van der Waals surface area contributed by atoms with Gasteiger partial charge in [-0.25, -0.2) is 9.78 Å². The van der Waals surface area contributed by atoms with Crippen LogP contribution in [0, 0.1) is 12.8 Å². The van der Waals surface area contributed by atoms with Crippen molar-refractivity contribution in [1.29, 1.82) is 0 Å². The van der Waals surface area contributed by atoms with Crippen LogP contribution in [-0.2, 0) is 19.4 Å². The topological polar surface area (TPSA) is 85.3 Å². The van der Waals surface area contributed by atoms with Gasteiger partial charge in [0.15, 0.2) is 0 Å². The number of benzene rings is 1. The van der Waals surface area contributed by atoms with E-state index in [1.807, 2.05) is 31.2 Å². The Morgan fingerprint density at radius 3 is 2.74 bits per heavy atom. The number of rotatable bonds is 4. The summed E-state index contributed by atoms with van der Waals surface area (Å²) in [4.78, 5) is 31.9. The van der Waals surface area contributed by atoms with Crippen LogP contribution in [0.5, 0.6) is 0 Å². The van der Waals surface area contributed by atoms with Gasteiger partial charge >= 0.3 is 5.97 Å². The van der Waals surface area contributed by atoms with Crippen LogP contribution in [-0.4, -0.2) is 20.6 Å². The summed E-state index contributed by atoms with van der Waals surface area (Å²) in [6, 6.07) is 10.9. The van der Waals surface area contributed by atoms with Crippen LogP contribution in [0.1, 0.15) is 45.7 Å². The zero-order chi connectivity index (χ0) is 21.7. The Morgan fingerprint density at radius 2 is 2.03 bits per heavy atom. The highest BCUT2D eigenvalue weighted by molar-refractivity contribution is 7.18. The number of carboxylic acids is 1. The number of nitrogens with zero attached hydrogens (tertiary/aromatic N) is 2. The fourth-order valence-corrected chi connectivity index (χ4v) is 5.60. The van der Waals surface area contributed by atoms with Gasteiger partial charge in [0.2, 0.25) is 5.76 Å². The average Bonchev–Trinajstić information content (AvgIpc) is 3.35. The van der Waals surface area contributed by atoms with Gasteiger partial charge in [0, 0.05) is 10.4 Å². The minimum Gasteiger partial charge on any atom is -0.475 e. The van der Waals surface area contributed by atoms with Crippen LogP contribution in [0.15, 0.2) is 45.6 Å². The molecule has 0 radical (unpaired) electrons. The number of aromatic nitrogens is 2. The molecule has 1 aromatic carbocycles. The SMILES string of the molecule is Cc1ccc(-c2nc3sc4c(c3c(=O)n2Cc2ccc(C(=O)O)o2)CCC(C)C4)cc1. The summed E-state index contributed by atoms with van der Waals surface area (Å²) in [5.41, 5.74) is 3.00. The van der Waals surface area contributed by atoms with Crippen LogP contribution in [0.25, 0.3) is 21.6 Å². The van der Waals surface area contributed by atoms with Crippen molar-refractivity contribution < 1.29 is 14.3 Å². The predicted molar refractivity (Wildman–Crippen MR) is 120 cm³/mol. The lowest BCUT2D eigenvalue weighted by atomic mass is 9.89. The number of carbonyl (C=O) groups is 1. The number of furan rings is 1. The maximum atomic E-state index is 13.7. The molecule has 3 heterocycles. The van der Waals surface area contributed by atoms with Gasteiger partial charge < -0.3 is 9.52 Å². The van der Waals surface area contributed by atoms with Gasteiger partial charge in [0.1, 0.15) is 16.4 Å². The van der Waals surface area contributed by atoms with Gasteiger partial charge in [-0.05, 0) is 49.8 Å². The number of hydrogen-bond donors (Lipinski definition) is 1. The van der Waals surface area contributed by atoms with Crippen molar-refractivity contribution in [3.63, 3.8) is 0 Å². The Bertz CT molecular complexity index is 1360. The minimum absolute atomic E-state index is 0.0964. The second kappa shape index (κ2) is 7.50. The maximum Gasteiger partial charge on any atom is 0.371 e. The predicted octanol–water partition coefficient (Wildman–Crippen LogP) is 4.90. The molecule has 0 saturated carbocycles. The Balaban J connectivity index is 1.72. The van der Waals surface area contributed by atoms with Crippen molar-refractivity contribution in [3.8, 4) is 11.4 Å². The van der Waals surface area contributed by atoms with Gasteiger partial charge in [-0.3, -0.25) is 9.36 Å². The molecule has 0 amide bonds. The van der Waals surface area contributed by atoms with Gasteiger partial charge in [-0.15, -0.1) is 11.3 Å². The molecule has 1 atom stereocenters. The third kappa shape index (κ3) is 3.49. The normalized spacial score (nSPS) is 15.9. The molecule has 0 aliphatic heterocycles. The van der Waals surface area contributed by atoms with E-state index in [2.05, 4.69) is 6.92 Å². The highest BCUT2D eigenvalue weighted by atomic mass is 32.1. The van der Waals surface area contributed by atoms with Crippen molar-refractivity contribution in [2.45, 2.75) is 39.7 Å². The molecule has 1 unspecified atom stereocenters. The molecular formula is C24H22N2O4S. The lowest BCUT2D eigenvalue weighted by Crippen LogP contribution is -2.24. The molecule has 4 aromatic rings. The summed E-state index contributed by atoms with van der Waals surface area (Å²) in [6.45, 7) is 4.38. The first-order valence-electron chi connectivity index (χ1n) is 10.3. The molecular weight excluding hydrogens is 412 g/mol. The van der Waals surface area contributed by atoms with E-state index in [1.54, 1.807) is 22.0 Å². The third-order valence-electron chi connectivity index (χ3n) is 5.91. The summed E-state index contributed by atoms with van der Waals surface area (Å²) in [6.07, 6.45) is 2.94. The molecule has 0 bridgehead atoms. The molecule has 6 nitrogen and oxygen atoms in total. The van der Waals surface area contributed by atoms with E-state index in [1.165, 1.54) is 10.9 Å². The van der Waals surface area contributed by atoms with E-state index >= 15 is 0 Å². The Labute approximate surface area is 182 Å². The van der Waals surface area contributed by atoms with E-state index in [0.29, 0.717) is 22.9 Å². The lowest BCUT2D eigenvalue weighted by Gasteiger charge is -2.17. The Morgan fingerprint density at radius 1 is 1.26 bits per heavy atom. The zero-order valence-corrected chi connectivity index (χ0v) is 18.2. The first-order chi connectivity index (χ1) is 14.9. The molecule has 0 spiro atoms. The number of carboxylic acid groups (broad SMARTS) is 1. The van der Waals surface area contributed by atoms with Crippen LogP contribution in [0.2, 0.25) is 0 Å². The van der Waals surface area contributed by atoms with E-state index in [0.717, 1.165) is 40.8 Å². The first kappa shape index (κ1) is 19.8. The van der Waals surface area contributed by atoms with E-state index in [-0.39, 0.29) is 17.9 Å². The van der Waals surface area contributed by atoms with E-state index in [4.69, 9.17) is 9.40 Å². The largest absolute Gasteiger partial charge is 0.475 e. The second-order valence-corrected chi connectivity index (χ2v) is 9.38. The maximum absolute atomic E-state index is 13.7. The fraction of sp³-hybridized carbons (Fsp3) is 0.292. The van der Waals surface area contributed by atoms with Crippen molar-refractivity contribution in [3.05, 3.63) is 74.3 Å². The fourth-order valence-electron chi connectivity index (χ4n) is 4.23. The minimum atomic E-state index is -1.13. The van der Waals surface area contributed by atoms with Crippen molar-refractivity contribution in [2.24, 2.45) is 5.92 Å². The first-order valence-corrected chi connectivity index (χ1v) is 11.2. The zero-order valence-electron chi connectivity index (χ0n) is 17.3. The summed E-state index contributed by atoms with van der Waals surface area (Å²) < 4.78 is 7.06. The molecule has 1 aliphatic carbocycles. The smallest absolute Gasteiger partial charge is 0.371 e. The molecule has 7 heteroatoms. The van der Waals surface area contributed by atoms with Crippen LogP contribution >= 0.6 is 11.3 Å². The highest BCUT2D eigenvalue weighted by Gasteiger charge is 2.25. The summed E-state index contributed by atoms with van der Waals surface area (Å²) in [5, 5.41) is 9.87. The number of aromatic carboxylic acids is 1. The van der Waals surface area contributed by atoms with Crippen molar-refractivity contribution in [1.82, 2.24) is 9.55 Å². The number of aryl methyl sites for hydroxylation is 2. The second-order valence-electron chi connectivity index (χ2n) is 8.30. The summed E-state index contributed by atoms with van der Waals surface area (Å²) in [5.74, 6) is 0.309. The Kier molecular flexibility index (Phi) is 4.78. The molecule has 1 N–H and O–H groups in total. The van der Waals surface area contributed by atoms with Gasteiger partial charge in [0.05, 0.1) is 11.9 Å². The Hall–Kier alpha value is -3.19. The van der Waals surface area contributed by atoms with Crippen LogP contribution in [0.4, 0.5) is 0 Å². The number of fused-ring (bicyclic) bond motifs is 3. The van der Waals surface area contributed by atoms with Crippen LogP contribution in [0.3, 0.4) is 0 Å². The van der Waals surface area contributed by atoms with Gasteiger partial charge in [-0.1, -0.05) is 36.8 Å². The molecule has 0 saturated heterocycles.